The highest BCUT2D eigenvalue weighted by Crippen LogP contribution is 2.27. The fraction of sp³-hybridized carbons (Fsp3) is 0.529. The number of halogens is 1. The van der Waals surface area contributed by atoms with Crippen LogP contribution in [0.4, 0.5) is 5.69 Å². The summed E-state index contributed by atoms with van der Waals surface area (Å²) in [4.78, 5) is 25.9. The van der Waals surface area contributed by atoms with Gasteiger partial charge in [0.15, 0.2) is 0 Å². The molecule has 0 radical (unpaired) electrons. The maximum Gasteiger partial charge on any atom is 0.253 e. The first kappa shape index (κ1) is 19.5. The molecule has 0 heterocycles. The van der Waals surface area contributed by atoms with Gasteiger partial charge in [-0.1, -0.05) is 6.07 Å². The van der Waals surface area contributed by atoms with E-state index in [1.807, 2.05) is 13.8 Å². The van der Waals surface area contributed by atoms with Crippen molar-refractivity contribution < 1.29 is 9.59 Å². The lowest BCUT2D eigenvalue weighted by molar-refractivity contribution is -0.115. The quantitative estimate of drug-likeness (QED) is 0.765. The van der Waals surface area contributed by atoms with E-state index in [9.17, 15) is 9.59 Å². The molecule has 1 aliphatic carbocycles. The molecule has 6 heteroatoms. The molecule has 5 nitrogen and oxygen atoms in total. The lowest BCUT2D eigenvalue weighted by Gasteiger charge is -2.19. The topological polar surface area (TPSA) is 61.4 Å². The third-order valence-corrected chi connectivity index (χ3v) is 3.86. The molecule has 0 spiro atoms. The van der Waals surface area contributed by atoms with Gasteiger partial charge in [0, 0.05) is 24.3 Å². The molecule has 1 fully saturated rings. The zero-order chi connectivity index (χ0) is 15.9. The molecule has 2 rings (SSSR count). The van der Waals surface area contributed by atoms with Gasteiger partial charge in [-0.25, -0.2) is 0 Å². The second-order valence-electron chi connectivity index (χ2n) is 5.68. The summed E-state index contributed by atoms with van der Waals surface area (Å²) in [5.74, 6) is 0.670. The van der Waals surface area contributed by atoms with Crippen LogP contribution in [0.15, 0.2) is 24.3 Å². The molecule has 1 saturated carbocycles. The molecule has 0 atom stereocenters. The van der Waals surface area contributed by atoms with Crippen LogP contribution in [0.5, 0.6) is 0 Å². The lowest BCUT2D eigenvalue weighted by atomic mass is 10.1. The molecule has 0 saturated heterocycles. The minimum absolute atomic E-state index is 0. The molecule has 1 aromatic carbocycles. The van der Waals surface area contributed by atoms with Gasteiger partial charge in [0.05, 0.1) is 6.54 Å². The van der Waals surface area contributed by atoms with Crippen LogP contribution in [0.25, 0.3) is 0 Å². The third-order valence-electron chi connectivity index (χ3n) is 3.86. The van der Waals surface area contributed by atoms with E-state index in [0.29, 0.717) is 30.9 Å². The summed E-state index contributed by atoms with van der Waals surface area (Å²) in [5.41, 5.74) is 1.27. The van der Waals surface area contributed by atoms with Crippen molar-refractivity contribution in [2.75, 3.05) is 31.5 Å². The molecule has 0 aliphatic heterocycles. The van der Waals surface area contributed by atoms with Crippen molar-refractivity contribution in [1.82, 2.24) is 10.2 Å². The Hall–Kier alpha value is -1.59. The summed E-state index contributed by atoms with van der Waals surface area (Å²) in [6.07, 6.45) is 2.54. The minimum atomic E-state index is -0.0758. The first-order valence-corrected chi connectivity index (χ1v) is 8.04. The minimum Gasteiger partial charge on any atom is -0.339 e. The van der Waals surface area contributed by atoms with Gasteiger partial charge in [-0.05, 0) is 57.4 Å². The van der Waals surface area contributed by atoms with Gasteiger partial charge < -0.3 is 15.5 Å². The van der Waals surface area contributed by atoms with E-state index in [1.165, 1.54) is 12.8 Å². The molecular weight excluding hydrogens is 314 g/mol. The largest absolute Gasteiger partial charge is 0.339 e. The van der Waals surface area contributed by atoms with Crippen molar-refractivity contribution >= 4 is 29.9 Å². The van der Waals surface area contributed by atoms with Gasteiger partial charge >= 0.3 is 0 Å². The SMILES string of the molecule is CCN(CC)C(=O)c1cccc(NC(=O)CNCC2CC2)c1.Cl. The Morgan fingerprint density at radius 3 is 2.52 bits per heavy atom. The fourth-order valence-corrected chi connectivity index (χ4v) is 2.34. The smallest absolute Gasteiger partial charge is 0.253 e. The van der Waals surface area contributed by atoms with Crippen LogP contribution >= 0.6 is 12.4 Å². The highest BCUT2D eigenvalue weighted by molar-refractivity contribution is 5.97. The van der Waals surface area contributed by atoms with Gasteiger partial charge in [0.1, 0.15) is 0 Å². The summed E-state index contributed by atoms with van der Waals surface area (Å²) in [5, 5.41) is 5.99. The van der Waals surface area contributed by atoms with Crippen molar-refractivity contribution in [2.45, 2.75) is 26.7 Å². The summed E-state index contributed by atoms with van der Waals surface area (Å²) in [6.45, 7) is 6.49. The summed E-state index contributed by atoms with van der Waals surface area (Å²) in [6, 6.07) is 7.11. The van der Waals surface area contributed by atoms with Gasteiger partial charge in [-0.3, -0.25) is 9.59 Å². The number of nitrogens with zero attached hydrogens (tertiary/aromatic N) is 1. The van der Waals surface area contributed by atoms with Crippen molar-refractivity contribution in [3.05, 3.63) is 29.8 Å². The van der Waals surface area contributed by atoms with E-state index in [-0.39, 0.29) is 24.2 Å². The van der Waals surface area contributed by atoms with Gasteiger partial charge in [-0.15, -0.1) is 12.4 Å². The number of anilines is 1. The van der Waals surface area contributed by atoms with Crippen LogP contribution < -0.4 is 10.6 Å². The van der Waals surface area contributed by atoms with E-state index >= 15 is 0 Å². The number of benzene rings is 1. The maximum atomic E-state index is 12.3. The van der Waals surface area contributed by atoms with Crippen molar-refractivity contribution in [3.63, 3.8) is 0 Å². The summed E-state index contributed by atoms with van der Waals surface area (Å²) in [7, 11) is 0. The second kappa shape index (κ2) is 9.53. The molecule has 0 aromatic heterocycles. The van der Waals surface area contributed by atoms with E-state index in [4.69, 9.17) is 0 Å². The number of hydrogen-bond donors (Lipinski definition) is 2. The number of rotatable bonds is 8. The highest BCUT2D eigenvalue weighted by atomic mass is 35.5. The molecule has 0 bridgehead atoms. The Balaban J connectivity index is 0.00000264. The Morgan fingerprint density at radius 1 is 1.22 bits per heavy atom. The first-order chi connectivity index (χ1) is 10.6. The third kappa shape index (κ3) is 6.20. The summed E-state index contributed by atoms with van der Waals surface area (Å²) < 4.78 is 0. The molecule has 23 heavy (non-hydrogen) atoms. The van der Waals surface area contributed by atoms with Crippen molar-refractivity contribution in [2.24, 2.45) is 5.92 Å². The maximum absolute atomic E-state index is 12.3. The van der Waals surface area contributed by atoms with Crippen molar-refractivity contribution in [1.29, 1.82) is 0 Å². The summed E-state index contributed by atoms with van der Waals surface area (Å²) >= 11 is 0. The van der Waals surface area contributed by atoms with E-state index in [2.05, 4.69) is 10.6 Å². The predicted molar refractivity (Wildman–Crippen MR) is 95.2 cm³/mol. The molecule has 2 amide bonds. The van der Waals surface area contributed by atoms with Crippen LogP contribution in [-0.4, -0.2) is 42.9 Å². The zero-order valence-electron chi connectivity index (χ0n) is 13.8. The number of carbonyl (C=O) groups is 2. The zero-order valence-corrected chi connectivity index (χ0v) is 14.6. The Morgan fingerprint density at radius 2 is 1.91 bits per heavy atom. The Labute approximate surface area is 144 Å². The molecule has 1 aromatic rings. The predicted octanol–water partition coefficient (Wildman–Crippen LogP) is 2.53. The van der Waals surface area contributed by atoms with Crippen LogP contribution in [-0.2, 0) is 4.79 Å². The van der Waals surface area contributed by atoms with E-state index < -0.39 is 0 Å². The monoisotopic (exact) mass is 339 g/mol. The number of nitrogens with one attached hydrogen (secondary N) is 2. The van der Waals surface area contributed by atoms with Crippen molar-refractivity contribution in [3.8, 4) is 0 Å². The lowest BCUT2D eigenvalue weighted by Crippen LogP contribution is -2.31. The number of hydrogen-bond acceptors (Lipinski definition) is 3. The van der Waals surface area contributed by atoms with Gasteiger partial charge in [0.25, 0.3) is 5.91 Å². The van der Waals surface area contributed by atoms with Crippen LogP contribution in [0.2, 0.25) is 0 Å². The van der Waals surface area contributed by atoms with Gasteiger partial charge in [-0.2, -0.15) is 0 Å². The molecule has 128 valence electrons. The normalized spacial score (nSPS) is 13.1. The second-order valence-corrected chi connectivity index (χ2v) is 5.68. The number of carbonyl (C=O) groups excluding carboxylic acids is 2. The Kier molecular flexibility index (Phi) is 8.06. The van der Waals surface area contributed by atoms with E-state index in [0.717, 1.165) is 12.5 Å². The van der Waals surface area contributed by atoms with Crippen LogP contribution in [0.1, 0.15) is 37.0 Å². The standard InChI is InChI=1S/C17H25N3O2.ClH/c1-3-20(4-2)17(22)14-6-5-7-15(10-14)19-16(21)12-18-11-13-8-9-13;/h5-7,10,13,18H,3-4,8-9,11-12H2,1-2H3,(H,19,21);1H. The molecular formula is C17H26ClN3O2. The number of amides is 2. The van der Waals surface area contributed by atoms with Crippen LogP contribution in [0, 0.1) is 5.92 Å². The highest BCUT2D eigenvalue weighted by Gasteiger charge is 2.20. The molecule has 1 aliphatic rings. The Bertz CT molecular complexity index is 528. The molecule has 0 unspecified atom stereocenters. The van der Waals surface area contributed by atoms with E-state index in [1.54, 1.807) is 29.2 Å². The van der Waals surface area contributed by atoms with Gasteiger partial charge in [0.2, 0.25) is 5.91 Å². The average molecular weight is 340 g/mol. The first-order valence-electron chi connectivity index (χ1n) is 8.04. The average Bonchev–Trinajstić information content (AvgIpc) is 3.33. The van der Waals surface area contributed by atoms with Crippen LogP contribution in [0.3, 0.4) is 0 Å². The fourth-order valence-electron chi connectivity index (χ4n) is 2.34. The molecule has 2 N–H and O–H groups in total.